The molecule has 0 spiro atoms. The van der Waals surface area contributed by atoms with Crippen LogP contribution in [0.4, 0.5) is 0 Å². The number of fused-ring (bicyclic) bond motifs is 1. The number of ether oxygens (including phenoxy) is 1. The molecule has 0 atom stereocenters. The minimum Gasteiger partial charge on any atom is -0.494 e. The molecule has 2 nitrogen and oxygen atoms in total. The molecule has 0 N–H and O–H groups in total. The van der Waals surface area contributed by atoms with E-state index in [0.717, 1.165) is 17.0 Å². The summed E-state index contributed by atoms with van der Waals surface area (Å²) in [5.41, 5.74) is 4.44. The van der Waals surface area contributed by atoms with E-state index in [9.17, 15) is 0 Å². The Morgan fingerprint density at radius 1 is 1.07 bits per heavy atom. The largest absolute Gasteiger partial charge is 0.494 e. The lowest BCUT2D eigenvalue weighted by molar-refractivity contribution is 0.418. The molecule has 0 amide bonds. The lowest BCUT2D eigenvalue weighted by Gasteiger charge is -2.09. The predicted molar refractivity (Wildman–Crippen MR) is 62.5 cm³/mol. The van der Waals surface area contributed by atoms with E-state index in [0.29, 0.717) is 0 Å². The van der Waals surface area contributed by atoms with Gasteiger partial charge in [0.25, 0.3) is 0 Å². The number of hydrogen-bond donors (Lipinski definition) is 0. The van der Waals surface area contributed by atoms with Crippen LogP contribution in [0.3, 0.4) is 0 Å². The molecular formula is C13H15NO. The number of nitrogens with zero attached hydrogens (tertiary/aromatic N) is 1. The molecule has 0 saturated carbocycles. The van der Waals surface area contributed by atoms with Crippen molar-refractivity contribution in [1.29, 1.82) is 0 Å². The van der Waals surface area contributed by atoms with Crippen molar-refractivity contribution in [1.82, 2.24) is 4.98 Å². The summed E-state index contributed by atoms with van der Waals surface area (Å²) in [6.07, 6.45) is 0. The normalized spacial score (nSPS) is 10.7. The Morgan fingerprint density at radius 2 is 1.80 bits per heavy atom. The summed E-state index contributed by atoms with van der Waals surface area (Å²) in [7, 11) is 1.69. The highest BCUT2D eigenvalue weighted by atomic mass is 16.5. The Labute approximate surface area is 89.9 Å². The maximum absolute atomic E-state index is 5.36. The molecule has 1 heterocycles. The zero-order valence-electron chi connectivity index (χ0n) is 9.59. The van der Waals surface area contributed by atoms with Crippen molar-refractivity contribution in [3.63, 3.8) is 0 Å². The number of hydrogen-bond acceptors (Lipinski definition) is 2. The molecule has 2 rings (SSSR count). The molecular weight excluding hydrogens is 186 g/mol. The highest BCUT2D eigenvalue weighted by Gasteiger charge is 2.07. The molecule has 0 fully saturated rings. The highest BCUT2D eigenvalue weighted by Crippen LogP contribution is 2.28. The molecule has 0 radical (unpaired) electrons. The Bertz CT molecular complexity index is 517. The van der Waals surface area contributed by atoms with Crippen LogP contribution in [0.1, 0.15) is 16.8 Å². The van der Waals surface area contributed by atoms with Crippen LogP contribution < -0.4 is 4.74 Å². The minimum absolute atomic E-state index is 0.858. The topological polar surface area (TPSA) is 22.1 Å². The summed E-state index contributed by atoms with van der Waals surface area (Å²) in [4.78, 5) is 4.52. The first-order valence-corrected chi connectivity index (χ1v) is 5.04. The third-order valence-corrected chi connectivity index (χ3v) is 2.58. The quantitative estimate of drug-likeness (QED) is 0.707. The van der Waals surface area contributed by atoms with Crippen LogP contribution in [-0.4, -0.2) is 12.1 Å². The van der Waals surface area contributed by atoms with Crippen molar-refractivity contribution in [2.24, 2.45) is 0 Å². The molecule has 1 aromatic carbocycles. The van der Waals surface area contributed by atoms with E-state index in [1.807, 2.05) is 13.0 Å². The summed E-state index contributed by atoms with van der Waals surface area (Å²) in [6.45, 7) is 6.18. The van der Waals surface area contributed by atoms with Gasteiger partial charge in [-0.1, -0.05) is 0 Å². The van der Waals surface area contributed by atoms with E-state index in [2.05, 4.69) is 31.0 Å². The molecule has 0 aliphatic heterocycles. The smallest absolute Gasteiger partial charge is 0.145 e. The van der Waals surface area contributed by atoms with Gasteiger partial charge in [-0.25, -0.2) is 4.98 Å². The third kappa shape index (κ3) is 1.67. The first kappa shape index (κ1) is 9.97. The highest BCUT2D eigenvalue weighted by molar-refractivity contribution is 5.88. The molecule has 0 aliphatic carbocycles. The molecule has 0 unspecified atom stereocenters. The minimum atomic E-state index is 0.858. The third-order valence-electron chi connectivity index (χ3n) is 2.58. The Hall–Kier alpha value is -1.57. The summed E-state index contributed by atoms with van der Waals surface area (Å²) in [5.74, 6) is 0.858. The number of methoxy groups -OCH3 is 1. The lowest BCUT2D eigenvalue weighted by atomic mass is 10.1. The predicted octanol–water partition coefficient (Wildman–Crippen LogP) is 3.17. The van der Waals surface area contributed by atoms with Crippen LogP contribution in [0.2, 0.25) is 0 Å². The van der Waals surface area contributed by atoms with E-state index < -0.39 is 0 Å². The Kier molecular flexibility index (Phi) is 2.35. The van der Waals surface area contributed by atoms with Crippen LogP contribution in [0.5, 0.6) is 5.75 Å². The number of aryl methyl sites for hydroxylation is 3. The first-order valence-electron chi connectivity index (χ1n) is 5.04. The summed E-state index contributed by atoms with van der Waals surface area (Å²) < 4.78 is 5.36. The van der Waals surface area contributed by atoms with E-state index in [1.165, 1.54) is 16.5 Å². The molecule has 2 heteroatoms. The van der Waals surface area contributed by atoms with Gasteiger partial charge in [0.1, 0.15) is 11.3 Å². The van der Waals surface area contributed by atoms with Crippen molar-refractivity contribution in [2.45, 2.75) is 20.8 Å². The van der Waals surface area contributed by atoms with Crippen molar-refractivity contribution in [3.8, 4) is 5.75 Å². The van der Waals surface area contributed by atoms with Gasteiger partial charge >= 0.3 is 0 Å². The molecule has 0 bridgehead atoms. The van der Waals surface area contributed by atoms with Gasteiger partial charge in [-0.2, -0.15) is 0 Å². The van der Waals surface area contributed by atoms with Crippen molar-refractivity contribution < 1.29 is 4.74 Å². The van der Waals surface area contributed by atoms with Gasteiger partial charge < -0.3 is 4.74 Å². The van der Waals surface area contributed by atoms with E-state index in [4.69, 9.17) is 4.74 Å². The zero-order valence-corrected chi connectivity index (χ0v) is 9.59. The van der Waals surface area contributed by atoms with Crippen LogP contribution >= 0.6 is 0 Å². The van der Waals surface area contributed by atoms with Crippen LogP contribution in [0.25, 0.3) is 10.9 Å². The van der Waals surface area contributed by atoms with Crippen LogP contribution in [0.15, 0.2) is 18.2 Å². The number of benzene rings is 1. The fraction of sp³-hybridized carbons (Fsp3) is 0.308. The number of pyridine rings is 1. The Morgan fingerprint density at radius 3 is 2.47 bits per heavy atom. The van der Waals surface area contributed by atoms with Gasteiger partial charge in [-0.15, -0.1) is 0 Å². The van der Waals surface area contributed by atoms with Gasteiger partial charge in [0.05, 0.1) is 7.11 Å². The van der Waals surface area contributed by atoms with E-state index in [1.54, 1.807) is 7.11 Å². The molecule has 0 aliphatic rings. The summed E-state index contributed by atoms with van der Waals surface area (Å²) in [5, 5.41) is 1.18. The monoisotopic (exact) mass is 201 g/mol. The van der Waals surface area contributed by atoms with Crippen LogP contribution in [-0.2, 0) is 0 Å². The number of aromatic nitrogens is 1. The summed E-state index contributed by atoms with van der Waals surface area (Å²) >= 11 is 0. The van der Waals surface area contributed by atoms with Gasteiger partial charge in [-0.05, 0) is 50.1 Å². The molecule has 0 saturated heterocycles. The van der Waals surface area contributed by atoms with Crippen LogP contribution in [0, 0.1) is 20.8 Å². The molecule has 78 valence electrons. The number of rotatable bonds is 1. The zero-order chi connectivity index (χ0) is 11.0. The maximum atomic E-state index is 5.36. The van der Waals surface area contributed by atoms with E-state index in [-0.39, 0.29) is 0 Å². The van der Waals surface area contributed by atoms with Crippen molar-refractivity contribution >= 4 is 10.9 Å². The fourth-order valence-corrected chi connectivity index (χ4v) is 1.92. The summed E-state index contributed by atoms with van der Waals surface area (Å²) in [6, 6.07) is 6.27. The molecule has 1 aromatic heterocycles. The lowest BCUT2D eigenvalue weighted by Crippen LogP contribution is -1.93. The fourth-order valence-electron chi connectivity index (χ4n) is 1.92. The van der Waals surface area contributed by atoms with Crippen molar-refractivity contribution in [2.75, 3.05) is 7.11 Å². The van der Waals surface area contributed by atoms with Crippen molar-refractivity contribution in [3.05, 3.63) is 35.0 Å². The average molecular weight is 201 g/mol. The van der Waals surface area contributed by atoms with Gasteiger partial charge in [0, 0.05) is 11.1 Å². The van der Waals surface area contributed by atoms with Gasteiger partial charge in [-0.3, -0.25) is 0 Å². The Balaban J connectivity index is 2.89. The SMILES string of the molecule is COc1cc(C)cc2c(C)cc(C)nc12. The van der Waals surface area contributed by atoms with Gasteiger partial charge in [0.15, 0.2) is 0 Å². The maximum Gasteiger partial charge on any atom is 0.145 e. The van der Waals surface area contributed by atoms with Gasteiger partial charge in [0.2, 0.25) is 0 Å². The second kappa shape index (κ2) is 3.54. The average Bonchev–Trinajstić information content (AvgIpc) is 2.18. The molecule has 15 heavy (non-hydrogen) atoms. The molecule has 2 aromatic rings. The van der Waals surface area contributed by atoms with E-state index >= 15 is 0 Å². The second-order valence-corrected chi connectivity index (χ2v) is 3.94. The standard InChI is InChI=1S/C13H15NO/c1-8-5-11-9(2)7-10(3)14-13(11)12(6-8)15-4/h5-7H,1-4H3. The second-order valence-electron chi connectivity index (χ2n) is 3.94. The first-order chi connectivity index (χ1) is 7.11.